The number of piperidine rings is 1. The normalized spacial score (nSPS) is 22.9. The van der Waals surface area contributed by atoms with Crippen LogP contribution in [0.25, 0.3) is 0 Å². The van der Waals surface area contributed by atoms with Crippen LogP contribution in [0.4, 0.5) is 0 Å². The molecule has 4 heteroatoms. The molecule has 1 unspecified atom stereocenters. The number of hydrogen-bond donors (Lipinski definition) is 1. The van der Waals surface area contributed by atoms with Crippen molar-refractivity contribution in [2.75, 3.05) is 13.1 Å². The van der Waals surface area contributed by atoms with E-state index in [1.54, 1.807) is 12.4 Å². The Morgan fingerprint density at radius 2 is 2.40 bits per heavy atom. The number of nitrogens with zero attached hydrogens (tertiary/aromatic N) is 3. The number of likely N-dealkylation sites (tertiary alicyclic amines) is 1. The minimum Gasteiger partial charge on any atom is -0.392 e. The van der Waals surface area contributed by atoms with E-state index in [1.807, 2.05) is 6.92 Å². The summed E-state index contributed by atoms with van der Waals surface area (Å²) in [6.07, 6.45) is 5.38. The van der Waals surface area contributed by atoms with E-state index in [2.05, 4.69) is 14.9 Å². The monoisotopic (exact) mass is 207 g/mol. The van der Waals surface area contributed by atoms with E-state index in [0.717, 1.165) is 43.9 Å². The van der Waals surface area contributed by atoms with E-state index in [-0.39, 0.29) is 6.10 Å². The first-order valence-electron chi connectivity index (χ1n) is 5.42. The number of aliphatic hydroxyl groups is 1. The van der Waals surface area contributed by atoms with E-state index < -0.39 is 0 Å². The highest BCUT2D eigenvalue weighted by molar-refractivity contribution is 5.01. The van der Waals surface area contributed by atoms with Crippen LogP contribution in [0, 0.1) is 6.92 Å². The van der Waals surface area contributed by atoms with Crippen LogP contribution in [0.3, 0.4) is 0 Å². The summed E-state index contributed by atoms with van der Waals surface area (Å²) >= 11 is 0. The van der Waals surface area contributed by atoms with Crippen molar-refractivity contribution in [2.24, 2.45) is 0 Å². The molecule has 1 aliphatic rings. The van der Waals surface area contributed by atoms with Crippen molar-refractivity contribution in [3.8, 4) is 0 Å². The van der Waals surface area contributed by atoms with Crippen molar-refractivity contribution >= 4 is 0 Å². The molecule has 0 radical (unpaired) electrons. The third-order valence-electron chi connectivity index (χ3n) is 2.67. The van der Waals surface area contributed by atoms with Crippen molar-refractivity contribution in [2.45, 2.75) is 32.4 Å². The number of aryl methyl sites for hydroxylation is 1. The molecule has 1 fully saturated rings. The first kappa shape index (κ1) is 10.5. The first-order chi connectivity index (χ1) is 7.24. The molecule has 15 heavy (non-hydrogen) atoms. The Morgan fingerprint density at radius 1 is 1.53 bits per heavy atom. The van der Waals surface area contributed by atoms with Crippen LogP contribution < -0.4 is 0 Å². The van der Waals surface area contributed by atoms with Crippen LogP contribution in [0.1, 0.15) is 24.2 Å². The highest BCUT2D eigenvalue weighted by Gasteiger charge is 2.17. The summed E-state index contributed by atoms with van der Waals surface area (Å²) < 4.78 is 0. The first-order valence-corrected chi connectivity index (χ1v) is 5.42. The van der Waals surface area contributed by atoms with Gasteiger partial charge in [0.2, 0.25) is 0 Å². The van der Waals surface area contributed by atoms with Gasteiger partial charge in [0.15, 0.2) is 0 Å². The Hall–Kier alpha value is -1.00. The number of aliphatic hydroxyl groups excluding tert-OH is 1. The Balaban J connectivity index is 1.96. The van der Waals surface area contributed by atoms with Gasteiger partial charge in [0.05, 0.1) is 17.5 Å². The van der Waals surface area contributed by atoms with Gasteiger partial charge in [-0.1, -0.05) is 0 Å². The molecule has 1 atom stereocenters. The number of β-amino-alcohol motifs (C(OH)–C–C–N with tert-alkyl or cyclic N) is 1. The van der Waals surface area contributed by atoms with Crippen LogP contribution in [0.15, 0.2) is 12.4 Å². The zero-order chi connectivity index (χ0) is 10.7. The molecule has 0 bridgehead atoms. The Kier molecular flexibility index (Phi) is 3.28. The number of rotatable bonds is 2. The van der Waals surface area contributed by atoms with Gasteiger partial charge in [-0.25, -0.2) is 0 Å². The van der Waals surface area contributed by atoms with E-state index in [1.165, 1.54) is 0 Å². The lowest BCUT2D eigenvalue weighted by Crippen LogP contribution is -2.37. The van der Waals surface area contributed by atoms with Gasteiger partial charge in [0, 0.05) is 25.5 Å². The molecular weight excluding hydrogens is 190 g/mol. The molecule has 1 N–H and O–H groups in total. The third-order valence-corrected chi connectivity index (χ3v) is 2.67. The highest BCUT2D eigenvalue weighted by Crippen LogP contribution is 2.12. The van der Waals surface area contributed by atoms with Gasteiger partial charge in [-0.05, 0) is 26.3 Å². The lowest BCUT2D eigenvalue weighted by molar-refractivity contribution is 0.0661. The molecule has 0 amide bonds. The third kappa shape index (κ3) is 2.97. The zero-order valence-electron chi connectivity index (χ0n) is 9.06. The van der Waals surface area contributed by atoms with Gasteiger partial charge in [0.25, 0.3) is 0 Å². The van der Waals surface area contributed by atoms with Gasteiger partial charge < -0.3 is 5.11 Å². The fraction of sp³-hybridized carbons (Fsp3) is 0.636. The van der Waals surface area contributed by atoms with Crippen molar-refractivity contribution in [1.82, 2.24) is 14.9 Å². The topological polar surface area (TPSA) is 49.2 Å². The van der Waals surface area contributed by atoms with Gasteiger partial charge in [-0.3, -0.25) is 14.9 Å². The molecule has 0 saturated carbocycles. The molecule has 82 valence electrons. The molecule has 0 aromatic carbocycles. The molecule has 1 saturated heterocycles. The molecule has 2 rings (SSSR count). The Morgan fingerprint density at radius 3 is 3.13 bits per heavy atom. The maximum absolute atomic E-state index is 9.53. The molecule has 0 aliphatic carbocycles. The molecule has 1 aromatic heterocycles. The minimum atomic E-state index is -0.170. The van der Waals surface area contributed by atoms with E-state index in [0.29, 0.717) is 0 Å². The van der Waals surface area contributed by atoms with Crippen LogP contribution in [-0.2, 0) is 6.54 Å². The summed E-state index contributed by atoms with van der Waals surface area (Å²) in [5, 5.41) is 9.53. The molecule has 0 spiro atoms. The van der Waals surface area contributed by atoms with Crippen LogP contribution in [-0.4, -0.2) is 39.2 Å². The summed E-state index contributed by atoms with van der Waals surface area (Å²) in [4.78, 5) is 10.8. The lowest BCUT2D eigenvalue weighted by Gasteiger charge is -2.29. The SMILES string of the molecule is Cc1cncc(CN2CCCC(O)C2)n1. The fourth-order valence-electron chi connectivity index (χ4n) is 2.00. The standard InChI is InChI=1S/C11H17N3O/c1-9-5-12-6-10(13-9)7-14-4-2-3-11(15)8-14/h5-6,11,15H,2-4,7-8H2,1H3. The molecule has 1 aliphatic heterocycles. The fourth-order valence-corrected chi connectivity index (χ4v) is 2.00. The van der Waals surface area contributed by atoms with Crippen molar-refractivity contribution in [3.05, 3.63) is 23.8 Å². The van der Waals surface area contributed by atoms with Crippen LogP contribution >= 0.6 is 0 Å². The van der Waals surface area contributed by atoms with E-state index in [9.17, 15) is 5.11 Å². The zero-order valence-corrected chi connectivity index (χ0v) is 9.06. The summed E-state index contributed by atoms with van der Waals surface area (Å²) in [6.45, 7) is 4.55. The Labute approximate surface area is 90.0 Å². The second kappa shape index (κ2) is 4.68. The maximum atomic E-state index is 9.53. The predicted molar refractivity (Wildman–Crippen MR) is 57.3 cm³/mol. The minimum absolute atomic E-state index is 0.170. The second-order valence-corrected chi connectivity index (χ2v) is 4.18. The molecule has 4 nitrogen and oxygen atoms in total. The van der Waals surface area contributed by atoms with Crippen molar-refractivity contribution in [3.63, 3.8) is 0 Å². The smallest absolute Gasteiger partial charge is 0.0730 e. The number of aromatic nitrogens is 2. The summed E-state index contributed by atoms with van der Waals surface area (Å²) in [5.74, 6) is 0. The quantitative estimate of drug-likeness (QED) is 0.777. The van der Waals surface area contributed by atoms with Crippen LogP contribution in [0.2, 0.25) is 0 Å². The van der Waals surface area contributed by atoms with Gasteiger partial charge >= 0.3 is 0 Å². The average molecular weight is 207 g/mol. The molecule has 2 heterocycles. The number of hydrogen-bond acceptors (Lipinski definition) is 4. The van der Waals surface area contributed by atoms with Gasteiger partial charge in [-0.15, -0.1) is 0 Å². The van der Waals surface area contributed by atoms with Gasteiger partial charge in [-0.2, -0.15) is 0 Å². The van der Waals surface area contributed by atoms with E-state index in [4.69, 9.17) is 0 Å². The molecular formula is C11H17N3O. The Bertz CT molecular complexity index is 329. The lowest BCUT2D eigenvalue weighted by atomic mass is 10.1. The summed E-state index contributed by atoms with van der Waals surface area (Å²) in [7, 11) is 0. The summed E-state index contributed by atoms with van der Waals surface area (Å²) in [6, 6.07) is 0. The summed E-state index contributed by atoms with van der Waals surface area (Å²) in [5.41, 5.74) is 1.94. The highest BCUT2D eigenvalue weighted by atomic mass is 16.3. The second-order valence-electron chi connectivity index (χ2n) is 4.18. The van der Waals surface area contributed by atoms with Crippen molar-refractivity contribution in [1.29, 1.82) is 0 Å². The van der Waals surface area contributed by atoms with Crippen molar-refractivity contribution < 1.29 is 5.11 Å². The van der Waals surface area contributed by atoms with Gasteiger partial charge in [0.1, 0.15) is 0 Å². The average Bonchev–Trinajstić information content (AvgIpc) is 2.17. The molecule has 1 aromatic rings. The largest absolute Gasteiger partial charge is 0.392 e. The van der Waals surface area contributed by atoms with Crippen LogP contribution in [0.5, 0.6) is 0 Å². The maximum Gasteiger partial charge on any atom is 0.0730 e. The van der Waals surface area contributed by atoms with E-state index >= 15 is 0 Å². The predicted octanol–water partition coefficient (Wildman–Crippen LogP) is 0.742.